The van der Waals surface area contributed by atoms with E-state index in [0.29, 0.717) is 6.42 Å². The van der Waals surface area contributed by atoms with Crippen LogP contribution in [0.4, 0.5) is 8.78 Å². The van der Waals surface area contributed by atoms with E-state index < -0.39 is 42.1 Å². The topological polar surface area (TPSA) is 145 Å². The fourth-order valence-corrected chi connectivity index (χ4v) is 3.79. The van der Waals surface area contributed by atoms with Gasteiger partial charge < -0.3 is 15.4 Å². The predicted octanol–water partition coefficient (Wildman–Crippen LogP) is 2.18. The molecule has 182 valence electrons. The maximum atomic E-state index is 13.5. The first kappa shape index (κ1) is 24.0. The third-order valence-electron chi connectivity index (χ3n) is 5.61. The van der Waals surface area contributed by atoms with Crippen molar-refractivity contribution in [1.29, 1.82) is 0 Å². The summed E-state index contributed by atoms with van der Waals surface area (Å²) in [6.07, 6.45) is 3.54. The van der Waals surface area contributed by atoms with Crippen LogP contribution in [0.25, 0.3) is 10.9 Å². The van der Waals surface area contributed by atoms with E-state index in [1.807, 2.05) is 30.5 Å². The van der Waals surface area contributed by atoms with Crippen LogP contribution >= 0.6 is 0 Å². The van der Waals surface area contributed by atoms with E-state index in [0.717, 1.165) is 34.7 Å². The van der Waals surface area contributed by atoms with Crippen molar-refractivity contribution in [3.63, 3.8) is 0 Å². The highest BCUT2D eigenvalue weighted by Crippen LogP contribution is 2.25. The van der Waals surface area contributed by atoms with Crippen molar-refractivity contribution in [3.05, 3.63) is 83.3 Å². The maximum absolute atomic E-state index is 13.5. The van der Waals surface area contributed by atoms with Crippen LogP contribution in [0.15, 0.2) is 54.9 Å². The van der Waals surface area contributed by atoms with Gasteiger partial charge >= 0.3 is 0 Å². The molecule has 2 aromatic heterocycles. The summed E-state index contributed by atoms with van der Waals surface area (Å²) in [4.78, 5) is 27.6. The number of rotatable bonds is 9. The number of aromatic amines is 1. The molecule has 35 heavy (non-hydrogen) atoms. The number of para-hydroxylation sites is 1. The lowest BCUT2D eigenvalue weighted by Gasteiger charge is -2.16. The summed E-state index contributed by atoms with van der Waals surface area (Å²) < 4.78 is 28.1. The second-order valence-corrected chi connectivity index (χ2v) is 7.92. The summed E-state index contributed by atoms with van der Waals surface area (Å²) >= 11 is 0. The van der Waals surface area contributed by atoms with Crippen molar-refractivity contribution in [3.8, 4) is 0 Å². The molecule has 2 amide bonds. The highest BCUT2D eigenvalue weighted by Gasteiger charge is 2.23. The van der Waals surface area contributed by atoms with E-state index in [9.17, 15) is 23.5 Å². The SMILES string of the molecule is O=C(C[C@@H](Cc1c[nH]c2ccccc12)n1cc([C@H](CO)NC(=O)c2ccc(F)c(F)c2)nn1)NO. The van der Waals surface area contributed by atoms with Crippen molar-refractivity contribution >= 4 is 22.7 Å². The standard InChI is InChI=1S/C23H22F2N6O4/c24-17-6-5-13(8-18(17)25)23(34)27-21(12-32)20-11-31(30-28-20)15(9-22(33)29-35)7-14-10-26-19-4-2-1-3-16(14)19/h1-6,8,10-11,15,21,26,32,35H,7,9,12H2,(H,27,34)(H,29,33)/t15-,21+/m1/s1. The molecule has 10 nitrogen and oxygen atoms in total. The van der Waals surface area contributed by atoms with Gasteiger partial charge in [0.1, 0.15) is 5.69 Å². The summed E-state index contributed by atoms with van der Waals surface area (Å²) in [7, 11) is 0. The summed E-state index contributed by atoms with van der Waals surface area (Å²) in [6.45, 7) is -0.543. The zero-order chi connectivity index (χ0) is 24.9. The monoisotopic (exact) mass is 484 g/mol. The Morgan fingerprint density at radius 1 is 1.14 bits per heavy atom. The molecule has 0 saturated heterocycles. The summed E-state index contributed by atoms with van der Waals surface area (Å²) in [6, 6.07) is 8.79. The number of aliphatic hydroxyl groups excluding tert-OH is 1. The van der Waals surface area contributed by atoms with Gasteiger partial charge in [-0.15, -0.1) is 5.10 Å². The van der Waals surface area contributed by atoms with Crippen LogP contribution in [-0.2, 0) is 11.2 Å². The molecule has 0 aliphatic carbocycles. The van der Waals surface area contributed by atoms with E-state index in [4.69, 9.17) is 5.21 Å². The van der Waals surface area contributed by atoms with Gasteiger partial charge in [0.2, 0.25) is 5.91 Å². The number of fused-ring (bicyclic) bond motifs is 1. The Bertz CT molecular complexity index is 1350. The first-order valence-electron chi connectivity index (χ1n) is 10.7. The minimum Gasteiger partial charge on any atom is -0.394 e. The minimum absolute atomic E-state index is 0.121. The summed E-state index contributed by atoms with van der Waals surface area (Å²) in [5.41, 5.74) is 3.51. The lowest BCUT2D eigenvalue weighted by atomic mass is 10.0. The van der Waals surface area contributed by atoms with Crippen LogP contribution in [-0.4, -0.2) is 48.7 Å². The van der Waals surface area contributed by atoms with Gasteiger partial charge in [-0.1, -0.05) is 23.4 Å². The Morgan fingerprint density at radius 3 is 2.69 bits per heavy atom. The van der Waals surface area contributed by atoms with Gasteiger partial charge in [-0.3, -0.25) is 14.8 Å². The molecule has 0 spiro atoms. The van der Waals surface area contributed by atoms with Crippen molar-refractivity contribution in [2.75, 3.05) is 6.61 Å². The maximum Gasteiger partial charge on any atom is 0.252 e. The Balaban J connectivity index is 1.55. The smallest absolute Gasteiger partial charge is 0.252 e. The summed E-state index contributed by atoms with van der Waals surface area (Å²) in [5.74, 6) is -3.63. The largest absolute Gasteiger partial charge is 0.394 e. The summed E-state index contributed by atoms with van der Waals surface area (Å²) in [5, 5.41) is 30.4. The lowest BCUT2D eigenvalue weighted by Crippen LogP contribution is -2.31. The molecule has 0 fully saturated rings. The molecule has 2 heterocycles. The molecule has 5 N–H and O–H groups in total. The number of carbonyl (C=O) groups is 2. The van der Waals surface area contributed by atoms with Crippen LogP contribution in [0.3, 0.4) is 0 Å². The molecule has 2 atom stereocenters. The molecule has 4 aromatic rings. The van der Waals surface area contributed by atoms with Gasteiger partial charge in [0.15, 0.2) is 11.6 Å². The van der Waals surface area contributed by atoms with E-state index >= 15 is 0 Å². The number of H-pyrrole nitrogens is 1. The highest BCUT2D eigenvalue weighted by atomic mass is 19.2. The van der Waals surface area contributed by atoms with Gasteiger partial charge in [-0.05, 0) is 36.2 Å². The van der Waals surface area contributed by atoms with E-state index in [-0.39, 0.29) is 17.7 Å². The van der Waals surface area contributed by atoms with Crippen LogP contribution in [0, 0.1) is 11.6 Å². The van der Waals surface area contributed by atoms with E-state index in [1.165, 1.54) is 10.9 Å². The average Bonchev–Trinajstić information content (AvgIpc) is 3.51. The molecule has 0 radical (unpaired) electrons. The van der Waals surface area contributed by atoms with Crippen LogP contribution < -0.4 is 10.8 Å². The molecule has 0 bridgehead atoms. The zero-order valence-corrected chi connectivity index (χ0v) is 18.3. The lowest BCUT2D eigenvalue weighted by molar-refractivity contribution is -0.130. The van der Waals surface area contributed by atoms with Gasteiger partial charge in [0, 0.05) is 22.7 Å². The number of benzene rings is 2. The Kier molecular flexibility index (Phi) is 7.13. The molecule has 0 saturated carbocycles. The Labute approximate surface area is 197 Å². The minimum atomic E-state index is -1.17. The fourth-order valence-electron chi connectivity index (χ4n) is 3.79. The van der Waals surface area contributed by atoms with Gasteiger partial charge in [-0.2, -0.15) is 0 Å². The second kappa shape index (κ2) is 10.4. The first-order chi connectivity index (χ1) is 16.9. The number of amides is 2. The van der Waals surface area contributed by atoms with Gasteiger partial charge in [-0.25, -0.2) is 18.9 Å². The average molecular weight is 484 g/mol. The van der Waals surface area contributed by atoms with Crippen LogP contribution in [0.5, 0.6) is 0 Å². The molecule has 0 aliphatic rings. The van der Waals surface area contributed by atoms with Crippen LogP contribution in [0.1, 0.15) is 40.1 Å². The fraction of sp³-hybridized carbons (Fsp3) is 0.217. The highest BCUT2D eigenvalue weighted by molar-refractivity contribution is 5.94. The molecule has 2 aromatic carbocycles. The van der Waals surface area contributed by atoms with E-state index in [1.54, 1.807) is 5.48 Å². The first-order valence-corrected chi connectivity index (χ1v) is 10.7. The Hall–Kier alpha value is -4.16. The number of hydrogen-bond donors (Lipinski definition) is 5. The number of halogens is 2. The number of aliphatic hydroxyl groups is 1. The third kappa shape index (κ3) is 5.34. The van der Waals surface area contributed by atoms with Crippen LogP contribution in [0.2, 0.25) is 0 Å². The number of aromatic nitrogens is 4. The molecular formula is C23H22F2N6O4. The molecular weight excluding hydrogens is 462 g/mol. The third-order valence-corrected chi connectivity index (χ3v) is 5.61. The number of hydroxylamine groups is 1. The van der Waals surface area contributed by atoms with Gasteiger partial charge in [0.25, 0.3) is 5.91 Å². The predicted molar refractivity (Wildman–Crippen MR) is 119 cm³/mol. The van der Waals surface area contributed by atoms with Gasteiger partial charge in [0.05, 0.1) is 31.3 Å². The number of hydrogen-bond acceptors (Lipinski definition) is 6. The van der Waals surface area contributed by atoms with E-state index in [2.05, 4.69) is 20.6 Å². The molecule has 12 heteroatoms. The number of carbonyl (C=O) groups excluding carboxylic acids is 2. The molecule has 0 aliphatic heterocycles. The zero-order valence-electron chi connectivity index (χ0n) is 18.3. The normalized spacial score (nSPS) is 12.9. The van der Waals surface area contributed by atoms with Crippen molar-refractivity contribution in [2.45, 2.75) is 24.9 Å². The second-order valence-electron chi connectivity index (χ2n) is 7.92. The Morgan fingerprint density at radius 2 is 1.94 bits per heavy atom. The number of nitrogens with zero attached hydrogens (tertiary/aromatic N) is 3. The van der Waals surface area contributed by atoms with Crippen molar-refractivity contribution in [1.82, 2.24) is 30.8 Å². The van der Waals surface area contributed by atoms with Crippen molar-refractivity contribution < 1.29 is 28.7 Å². The molecule has 0 unspecified atom stereocenters. The number of nitrogens with one attached hydrogen (secondary N) is 3. The molecule has 4 rings (SSSR count). The quantitative estimate of drug-likeness (QED) is 0.182. The van der Waals surface area contributed by atoms with Crippen molar-refractivity contribution in [2.24, 2.45) is 0 Å².